The molecule has 0 aliphatic carbocycles. The lowest BCUT2D eigenvalue weighted by Gasteiger charge is -2.19. The molecule has 12 heavy (non-hydrogen) atoms. The van der Waals surface area contributed by atoms with E-state index in [0.717, 1.165) is 12.8 Å². The van der Waals surface area contributed by atoms with Gasteiger partial charge in [-0.15, -0.1) is 0 Å². The van der Waals surface area contributed by atoms with E-state index in [9.17, 15) is 8.42 Å². The summed E-state index contributed by atoms with van der Waals surface area (Å²) < 4.78 is 22.3. The Morgan fingerprint density at radius 3 is 2.58 bits per heavy atom. The maximum atomic E-state index is 11.1. The molecule has 2 unspecified atom stereocenters. The van der Waals surface area contributed by atoms with Crippen molar-refractivity contribution < 1.29 is 8.42 Å². The lowest BCUT2D eigenvalue weighted by molar-refractivity contribution is 0.395. The van der Waals surface area contributed by atoms with E-state index in [1.807, 2.05) is 7.05 Å². The van der Waals surface area contributed by atoms with Gasteiger partial charge in [-0.05, 0) is 25.8 Å². The molecule has 1 aliphatic rings. The topological polar surface area (TPSA) is 46.2 Å². The summed E-state index contributed by atoms with van der Waals surface area (Å²) in [6.45, 7) is 2.09. The number of sulfone groups is 1. The number of nitrogens with one attached hydrogen (secondary N) is 1. The van der Waals surface area contributed by atoms with Crippen LogP contribution in [0, 0.1) is 5.92 Å². The molecular formula is C8H17NO2S. The standard InChI is InChI=1S/C8H17NO2S/c1-3-8(9-2)7-4-5-12(10,11)6-7/h7-9H,3-6H2,1-2H3. The summed E-state index contributed by atoms with van der Waals surface area (Å²) in [6.07, 6.45) is 1.85. The van der Waals surface area contributed by atoms with Gasteiger partial charge < -0.3 is 5.32 Å². The second kappa shape index (κ2) is 3.75. The first-order valence-electron chi connectivity index (χ1n) is 4.46. The van der Waals surface area contributed by atoms with Gasteiger partial charge in [0.1, 0.15) is 0 Å². The molecule has 0 aromatic rings. The van der Waals surface area contributed by atoms with E-state index in [0.29, 0.717) is 23.5 Å². The van der Waals surface area contributed by atoms with E-state index in [1.54, 1.807) is 0 Å². The van der Waals surface area contributed by atoms with Crippen molar-refractivity contribution in [1.82, 2.24) is 5.32 Å². The van der Waals surface area contributed by atoms with Gasteiger partial charge in [-0.1, -0.05) is 6.92 Å². The van der Waals surface area contributed by atoms with Gasteiger partial charge in [0.05, 0.1) is 11.5 Å². The molecule has 0 aromatic carbocycles. The molecule has 1 fully saturated rings. The van der Waals surface area contributed by atoms with Gasteiger partial charge in [0.15, 0.2) is 9.84 Å². The van der Waals surface area contributed by atoms with E-state index in [-0.39, 0.29) is 0 Å². The fourth-order valence-electron chi connectivity index (χ4n) is 1.91. The van der Waals surface area contributed by atoms with Gasteiger partial charge in [0.2, 0.25) is 0 Å². The number of hydrogen-bond donors (Lipinski definition) is 1. The van der Waals surface area contributed by atoms with Crippen LogP contribution in [0.5, 0.6) is 0 Å². The molecule has 1 saturated heterocycles. The highest BCUT2D eigenvalue weighted by atomic mass is 32.2. The summed E-state index contributed by atoms with van der Waals surface area (Å²) in [5, 5.41) is 3.17. The van der Waals surface area contributed by atoms with Gasteiger partial charge in [-0.3, -0.25) is 0 Å². The van der Waals surface area contributed by atoms with Crippen LogP contribution in [0.3, 0.4) is 0 Å². The Labute approximate surface area is 74.5 Å². The lowest BCUT2D eigenvalue weighted by Crippen LogP contribution is -2.33. The first kappa shape index (κ1) is 9.99. The molecule has 2 atom stereocenters. The molecule has 0 amide bonds. The third-order valence-corrected chi connectivity index (χ3v) is 4.44. The third-order valence-electron chi connectivity index (χ3n) is 2.65. The average Bonchev–Trinajstić information content (AvgIpc) is 2.34. The summed E-state index contributed by atoms with van der Waals surface area (Å²) in [5.74, 6) is 1.10. The lowest BCUT2D eigenvalue weighted by atomic mass is 9.97. The third kappa shape index (κ3) is 2.20. The summed E-state index contributed by atoms with van der Waals surface area (Å²) in [7, 11) is -0.799. The van der Waals surface area contributed by atoms with Crippen molar-refractivity contribution in [2.75, 3.05) is 18.6 Å². The molecule has 1 heterocycles. The highest BCUT2D eigenvalue weighted by molar-refractivity contribution is 7.91. The number of hydrogen-bond acceptors (Lipinski definition) is 3. The first-order chi connectivity index (χ1) is 5.59. The zero-order valence-corrected chi connectivity index (χ0v) is 8.52. The van der Waals surface area contributed by atoms with E-state index in [4.69, 9.17) is 0 Å². The Bertz CT molecular complexity index is 231. The van der Waals surface area contributed by atoms with E-state index in [2.05, 4.69) is 12.2 Å². The van der Waals surface area contributed by atoms with Crippen LogP contribution < -0.4 is 5.32 Å². The van der Waals surface area contributed by atoms with Crippen LogP contribution in [-0.4, -0.2) is 33.0 Å². The smallest absolute Gasteiger partial charge is 0.150 e. The highest BCUT2D eigenvalue weighted by Gasteiger charge is 2.31. The maximum Gasteiger partial charge on any atom is 0.150 e. The van der Waals surface area contributed by atoms with Crippen molar-refractivity contribution in [3.8, 4) is 0 Å². The normalized spacial score (nSPS) is 30.3. The highest BCUT2D eigenvalue weighted by Crippen LogP contribution is 2.22. The van der Waals surface area contributed by atoms with Gasteiger partial charge in [-0.2, -0.15) is 0 Å². The summed E-state index contributed by atoms with van der Waals surface area (Å²) >= 11 is 0. The van der Waals surface area contributed by atoms with Crippen LogP contribution in [0.2, 0.25) is 0 Å². The van der Waals surface area contributed by atoms with Crippen LogP contribution >= 0.6 is 0 Å². The Morgan fingerprint density at radius 2 is 2.25 bits per heavy atom. The van der Waals surface area contributed by atoms with Crippen molar-refractivity contribution >= 4 is 9.84 Å². The fraction of sp³-hybridized carbons (Fsp3) is 1.00. The Balaban J connectivity index is 2.56. The summed E-state index contributed by atoms with van der Waals surface area (Å²) in [5.41, 5.74) is 0. The van der Waals surface area contributed by atoms with Crippen molar-refractivity contribution in [3.63, 3.8) is 0 Å². The molecule has 1 rings (SSSR count). The molecule has 3 nitrogen and oxygen atoms in total. The molecule has 4 heteroatoms. The molecule has 0 radical (unpaired) electrons. The van der Waals surface area contributed by atoms with E-state index < -0.39 is 9.84 Å². The molecule has 0 aromatic heterocycles. The largest absolute Gasteiger partial charge is 0.317 e. The van der Waals surface area contributed by atoms with Crippen molar-refractivity contribution in [3.05, 3.63) is 0 Å². The number of rotatable bonds is 3. The average molecular weight is 191 g/mol. The first-order valence-corrected chi connectivity index (χ1v) is 6.29. The minimum Gasteiger partial charge on any atom is -0.317 e. The van der Waals surface area contributed by atoms with Crippen molar-refractivity contribution in [2.45, 2.75) is 25.8 Å². The second-order valence-corrected chi connectivity index (χ2v) is 5.70. The van der Waals surface area contributed by atoms with Gasteiger partial charge >= 0.3 is 0 Å². The minimum atomic E-state index is -2.70. The van der Waals surface area contributed by atoms with Gasteiger partial charge in [0, 0.05) is 6.04 Å². The Hall–Kier alpha value is -0.0900. The van der Waals surface area contributed by atoms with Crippen LogP contribution in [0.25, 0.3) is 0 Å². The van der Waals surface area contributed by atoms with Gasteiger partial charge in [0.25, 0.3) is 0 Å². The predicted molar refractivity (Wildman–Crippen MR) is 49.9 cm³/mol. The van der Waals surface area contributed by atoms with Crippen molar-refractivity contribution in [2.24, 2.45) is 5.92 Å². The molecule has 0 spiro atoms. The monoisotopic (exact) mass is 191 g/mol. The Morgan fingerprint density at radius 1 is 1.58 bits per heavy atom. The van der Waals surface area contributed by atoms with E-state index in [1.165, 1.54) is 0 Å². The second-order valence-electron chi connectivity index (χ2n) is 3.47. The van der Waals surface area contributed by atoms with Crippen LogP contribution in [0.4, 0.5) is 0 Å². The molecule has 0 bridgehead atoms. The van der Waals surface area contributed by atoms with Crippen LogP contribution in [0.1, 0.15) is 19.8 Å². The zero-order valence-electron chi connectivity index (χ0n) is 7.71. The zero-order chi connectivity index (χ0) is 9.19. The van der Waals surface area contributed by atoms with E-state index >= 15 is 0 Å². The Kier molecular flexibility index (Phi) is 3.12. The fourth-order valence-corrected chi connectivity index (χ4v) is 3.79. The maximum absolute atomic E-state index is 11.1. The van der Waals surface area contributed by atoms with Crippen LogP contribution in [-0.2, 0) is 9.84 Å². The van der Waals surface area contributed by atoms with Crippen molar-refractivity contribution in [1.29, 1.82) is 0 Å². The molecule has 72 valence electrons. The molecular weight excluding hydrogens is 174 g/mol. The SMILES string of the molecule is CCC(NC)C1CCS(=O)(=O)C1. The summed E-state index contributed by atoms with van der Waals surface area (Å²) in [6, 6.07) is 0.377. The molecule has 0 saturated carbocycles. The summed E-state index contributed by atoms with van der Waals surface area (Å²) in [4.78, 5) is 0. The van der Waals surface area contributed by atoms with Crippen LogP contribution in [0.15, 0.2) is 0 Å². The molecule has 1 N–H and O–H groups in total. The predicted octanol–water partition coefficient (Wildman–Crippen LogP) is 0.419. The van der Waals surface area contributed by atoms with Gasteiger partial charge in [-0.25, -0.2) is 8.42 Å². The quantitative estimate of drug-likeness (QED) is 0.703. The molecule has 1 aliphatic heterocycles. The minimum absolute atomic E-state index is 0.338.